The number of nitrogens with one attached hydrogen (secondary N) is 2. The lowest BCUT2D eigenvalue weighted by molar-refractivity contribution is 0.102. The first-order valence-corrected chi connectivity index (χ1v) is 9.46. The summed E-state index contributed by atoms with van der Waals surface area (Å²) in [7, 11) is -3.55. The first-order chi connectivity index (χ1) is 11.8. The molecule has 0 aliphatic heterocycles. The number of ether oxygens (including phenoxy) is 1. The summed E-state index contributed by atoms with van der Waals surface area (Å²) in [6.45, 7) is 5.90. The van der Waals surface area contributed by atoms with Crippen LogP contribution in [0.1, 0.15) is 31.1 Å². The molecule has 0 saturated heterocycles. The largest absolute Gasteiger partial charge is 0.494 e. The van der Waals surface area contributed by atoms with Crippen molar-refractivity contribution in [2.24, 2.45) is 0 Å². The van der Waals surface area contributed by atoms with Crippen LogP contribution in [-0.2, 0) is 10.0 Å². The molecule has 0 saturated carbocycles. The summed E-state index contributed by atoms with van der Waals surface area (Å²) in [4.78, 5) is 12.5. The molecule has 2 aromatic rings. The number of amides is 1. The average molecular weight is 362 g/mol. The Bertz CT molecular complexity index is 830. The number of carbonyl (C=O) groups excluding carboxylic acids is 1. The number of hydrogen-bond acceptors (Lipinski definition) is 4. The van der Waals surface area contributed by atoms with E-state index in [0.717, 1.165) is 0 Å². The van der Waals surface area contributed by atoms with Gasteiger partial charge in [0.2, 0.25) is 10.0 Å². The molecule has 0 aromatic heterocycles. The van der Waals surface area contributed by atoms with Crippen molar-refractivity contribution in [1.29, 1.82) is 0 Å². The normalized spacial score (nSPS) is 11.4. The van der Waals surface area contributed by atoms with Gasteiger partial charge in [0.25, 0.3) is 5.91 Å². The smallest absolute Gasteiger partial charge is 0.255 e. The molecule has 0 spiro atoms. The van der Waals surface area contributed by atoms with Gasteiger partial charge in [-0.3, -0.25) is 4.79 Å². The summed E-state index contributed by atoms with van der Waals surface area (Å²) in [5, 5.41) is 2.74. The fraction of sp³-hybridized carbons (Fsp3) is 0.278. The van der Waals surface area contributed by atoms with E-state index in [4.69, 9.17) is 4.74 Å². The van der Waals surface area contributed by atoms with E-state index in [1.165, 1.54) is 12.1 Å². The van der Waals surface area contributed by atoms with Crippen LogP contribution in [0.25, 0.3) is 0 Å². The van der Waals surface area contributed by atoms with E-state index in [-0.39, 0.29) is 16.8 Å². The summed E-state index contributed by atoms with van der Waals surface area (Å²) < 4.78 is 32.1. The summed E-state index contributed by atoms with van der Waals surface area (Å²) in [6.07, 6.45) is 0. The van der Waals surface area contributed by atoms with E-state index in [0.29, 0.717) is 23.6 Å². The fourth-order valence-electron chi connectivity index (χ4n) is 2.19. The van der Waals surface area contributed by atoms with Gasteiger partial charge in [0.1, 0.15) is 5.75 Å². The van der Waals surface area contributed by atoms with Crippen LogP contribution in [0.2, 0.25) is 0 Å². The standard InChI is InChI=1S/C18H22N2O4S/c1-4-24-16-7-5-6-14(12-16)18(21)19-15-8-10-17(11-9-15)25(22,23)20-13(2)3/h5-13,20H,4H2,1-3H3,(H,19,21). The van der Waals surface area contributed by atoms with E-state index in [1.807, 2.05) is 6.92 Å². The predicted octanol–water partition coefficient (Wildman–Crippen LogP) is 3.02. The summed E-state index contributed by atoms with van der Waals surface area (Å²) in [6, 6.07) is 12.7. The monoisotopic (exact) mass is 362 g/mol. The molecule has 2 aromatic carbocycles. The molecule has 2 rings (SSSR count). The Morgan fingerprint density at radius 2 is 1.80 bits per heavy atom. The molecule has 0 aliphatic rings. The van der Waals surface area contributed by atoms with Crippen molar-refractivity contribution >= 4 is 21.6 Å². The Labute approximate surface area is 148 Å². The maximum atomic E-state index is 12.3. The predicted molar refractivity (Wildman–Crippen MR) is 97.5 cm³/mol. The molecule has 0 bridgehead atoms. The highest BCUT2D eigenvalue weighted by Gasteiger charge is 2.15. The van der Waals surface area contributed by atoms with Crippen LogP contribution >= 0.6 is 0 Å². The molecule has 6 nitrogen and oxygen atoms in total. The molecular weight excluding hydrogens is 340 g/mol. The third-order valence-corrected chi connectivity index (χ3v) is 4.90. The molecule has 2 N–H and O–H groups in total. The first kappa shape index (κ1) is 19.0. The molecule has 0 fully saturated rings. The number of anilines is 1. The quantitative estimate of drug-likeness (QED) is 0.793. The van der Waals surface area contributed by atoms with Crippen molar-refractivity contribution in [2.75, 3.05) is 11.9 Å². The second-order valence-electron chi connectivity index (χ2n) is 5.72. The highest BCUT2D eigenvalue weighted by Crippen LogP contribution is 2.17. The molecule has 0 aliphatic carbocycles. The highest BCUT2D eigenvalue weighted by atomic mass is 32.2. The van der Waals surface area contributed by atoms with Crippen molar-refractivity contribution in [1.82, 2.24) is 4.72 Å². The Morgan fingerprint density at radius 1 is 1.12 bits per heavy atom. The van der Waals surface area contributed by atoms with E-state index < -0.39 is 10.0 Å². The fourth-order valence-corrected chi connectivity index (χ4v) is 3.44. The lowest BCUT2D eigenvalue weighted by Gasteiger charge is -2.11. The zero-order valence-corrected chi connectivity index (χ0v) is 15.3. The van der Waals surface area contributed by atoms with E-state index >= 15 is 0 Å². The van der Waals surface area contributed by atoms with Crippen molar-refractivity contribution in [2.45, 2.75) is 31.7 Å². The van der Waals surface area contributed by atoms with E-state index in [2.05, 4.69) is 10.0 Å². The Kier molecular flexibility index (Phi) is 6.17. The number of carbonyl (C=O) groups is 1. The molecule has 0 radical (unpaired) electrons. The zero-order valence-electron chi connectivity index (χ0n) is 14.4. The van der Waals surface area contributed by atoms with Gasteiger partial charge < -0.3 is 10.1 Å². The van der Waals surface area contributed by atoms with Gasteiger partial charge in [0, 0.05) is 17.3 Å². The van der Waals surface area contributed by atoms with Crippen LogP contribution in [-0.4, -0.2) is 27.0 Å². The van der Waals surface area contributed by atoms with Crippen LogP contribution < -0.4 is 14.8 Å². The Balaban J connectivity index is 2.11. The lowest BCUT2D eigenvalue weighted by Crippen LogP contribution is -2.30. The summed E-state index contributed by atoms with van der Waals surface area (Å²) in [5.41, 5.74) is 0.972. The van der Waals surface area contributed by atoms with Gasteiger partial charge in [-0.1, -0.05) is 6.07 Å². The van der Waals surface area contributed by atoms with Crippen LogP contribution in [0.15, 0.2) is 53.4 Å². The Morgan fingerprint density at radius 3 is 2.40 bits per heavy atom. The SMILES string of the molecule is CCOc1cccc(C(=O)Nc2ccc(S(=O)(=O)NC(C)C)cc2)c1. The second-order valence-corrected chi connectivity index (χ2v) is 7.43. The lowest BCUT2D eigenvalue weighted by atomic mass is 10.2. The minimum Gasteiger partial charge on any atom is -0.494 e. The van der Waals surface area contributed by atoms with E-state index in [9.17, 15) is 13.2 Å². The highest BCUT2D eigenvalue weighted by molar-refractivity contribution is 7.89. The van der Waals surface area contributed by atoms with Gasteiger partial charge in [-0.15, -0.1) is 0 Å². The molecule has 0 heterocycles. The van der Waals surface area contributed by atoms with Gasteiger partial charge in [-0.05, 0) is 63.2 Å². The number of sulfonamides is 1. The number of hydrogen-bond donors (Lipinski definition) is 2. The van der Waals surface area contributed by atoms with Gasteiger partial charge >= 0.3 is 0 Å². The summed E-state index contributed by atoms with van der Waals surface area (Å²) >= 11 is 0. The summed E-state index contributed by atoms with van der Waals surface area (Å²) in [5.74, 6) is 0.328. The van der Waals surface area contributed by atoms with Gasteiger partial charge in [0.15, 0.2) is 0 Å². The van der Waals surface area contributed by atoms with Crippen LogP contribution in [0.3, 0.4) is 0 Å². The maximum Gasteiger partial charge on any atom is 0.255 e. The van der Waals surface area contributed by atoms with Gasteiger partial charge in [-0.25, -0.2) is 13.1 Å². The first-order valence-electron chi connectivity index (χ1n) is 7.98. The van der Waals surface area contributed by atoms with Crippen molar-refractivity contribution < 1.29 is 17.9 Å². The zero-order chi connectivity index (χ0) is 18.4. The Hall–Kier alpha value is -2.38. The van der Waals surface area contributed by atoms with Gasteiger partial charge in [0.05, 0.1) is 11.5 Å². The van der Waals surface area contributed by atoms with Crippen LogP contribution in [0.5, 0.6) is 5.75 Å². The van der Waals surface area contributed by atoms with Crippen LogP contribution in [0.4, 0.5) is 5.69 Å². The topological polar surface area (TPSA) is 84.5 Å². The number of rotatable bonds is 7. The van der Waals surface area contributed by atoms with Crippen molar-refractivity contribution in [3.05, 3.63) is 54.1 Å². The molecular formula is C18H22N2O4S. The third kappa shape index (κ3) is 5.30. The molecule has 0 unspecified atom stereocenters. The average Bonchev–Trinajstić information content (AvgIpc) is 2.55. The van der Waals surface area contributed by atoms with Gasteiger partial charge in [-0.2, -0.15) is 0 Å². The van der Waals surface area contributed by atoms with E-state index in [1.54, 1.807) is 50.2 Å². The third-order valence-electron chi connectivity index (χ3n) is 3.22. The van der Waals surface area contributed by atoms with Crippen molar-refractivity contribution in [3.63, 3.8) is 0 Å². The molecule has 25 heavy (non-hydrogen) atoms. The molecule has 7 heteroatoms. The minimum absolute atomic E-state index is 0.151. The van der Waals surface area contributed by atoms with Crippen LogP contribution in [0, 0.1) is 0 Å². The minimum atomic E-state index is -3.55. The molecule has 0 atom stereocenters. The second kappa shape index (κ2) is 8.13. The molecule has 1 amide bonds. The number of benzene rings is 2. The molecule has 134 valence electrons. The maximum absolute atomic E-state index is 12.3. The van der Waals surface area contributed by atoms with Crippen molar-refractivity contribution in [3.8, 4) is 5.75 Å².